The first-order valence-electron chi connectivity index (χ1n) is 7.35. The van der Waals surface area contributed by atoms with E-state index >= 15 is 0 Å². The van der Waals surface area contributed by atoms with Gasteiger partial charge in [-0.1, -0.05) is 30.3 Å². The van der Waals surface area contributed by atoms with Gasteiger partial charge in [0.15, 0.2) is 0 Å². The molecule has 0 saturated heterocycles. The molecular weight excluding hydrogens is 339 g/mol. The summed E-state index contributed by atoms with van der Waals surface area (Å²) in [4.78, 5) is 19.2. The van der Waals surface area contributed by atoms with Gasteiger partial charge in [0.1, 0.15) is 4.88 Å². The van der Waals surface area contributed by atoms with E-state index in [9.17, 15) is 14.6 Å². The molecule has 0 aliphatic heterocycles. The predicted octanol–water partition coefficient (Wildman–Crippen LogP) is 5.03. The summed E-state index contributed by atoms with van der Waals surface area (Å²) in [5, 5.41) is 11.8. The summed E-state index contributed by atoms with van der Waals surface area (Å²) in [6.45, 7) is 0. The fourth-order valence-electron chi connectivity index (χ4n) is 2.92. The molecule has 2 aromatic carbocycles. The van der Waals surface area contributed by atoms with Crippen molar-refractivity contribution < 1.29 is 14.3 Å². The summed E-state index contributed by atoms with van der Waals surface area (Å²) in [5.74, 6) is -1.02. The third-order valence-corrected chi connectivity index (χ3v) is 5.19. The normalized spacial score (nSPS) is 10.7. The van der Waals surface area contributed by atoms with Gasteiger partial charge in [-0.3, -0.25) is 4.98 Å². The minimum Gasteiger partial charge on any atom is -0.263 e. The van der Waals surface area contributed by atoms with Crippen molar-refractivity contribution in [2.75, 3.05) is 0 Å². The summed E-state index contributed by atoms with van der Waals surface area (Å²) in [6, 6.07) is 15.0. The summed E-state index contributed by atoms with van der Waals surface area (Å²) in [6.07, 6.45) is 3.33. The molecule has 120 valence electrons. The molecule has 0 fully saturated rings. The van der Waals surface area contributed by atoms with Crippen molar-refractivity contribution in [2.45, 2.75) is 0 Å². The number of hydrogen-bond donors (Lipinski definition) is 0. The van der Waals surface area contributed by atoms with Gasteiger partial charge in [0, 0.05) is 38.0 Å². The molecule has 0 radical (unpaired) electrons. The number of halogens is 1. The number of thiophene rings is 1. The second-order valence-corrected chi connectivity index (χ2v) is 6.45. The van der Waals surface area contributed by atoms with Gasteiger partial charge in [-0.25, -0.2) is 9.74 Å². The van der Waals surface area contributed by atoms with Crippen molar-refractivity contribution in [1.29, 1.82) is 5.26 Å². The molecule has 4 rings (SSSR count). The van der Waals surface area contributed by atoms with Crippen LogP contribution < -0.4 is 0 Å². The second kappa shape index (κ2) is 5.96. The Bertz CT molecular complexity index is 1180. The molecule has 0 N–H and O–H groups in total. The van der Waals surface area contributed by atoms with Crippen molar-refractivity contribution in [3.63, 3.8) is 0 Å². The van der Waals surface area contributed by atoms with Crippen LogP contribution in [0.3, 0.4) is 0 Å². The molecule has 25 heavy (non-hydrogen) atoms. The van der Waals surface area contributed by atoms with Gasteiger partial charge in [-0.2, -0.15) is 5.26 Å². The zero-order valence-corrected chi connectivity index (χ0v) is 13.5. The SMILES string of the molecule is N#Cc1ccc(-c2cncc3cc(C(=O)OF)sc23)c2ccccc12. The first kappa shape index (κ1) is 15.2. The number of carbonyl (C=O) groups is 1. The zero-order chi connectivity index (χ0) is 17.4. The first-order valence-corrected chi connectivity index (χ1v) is 8.17. The summed E-state index contributed by atoms with van der Waals surface area (Å²) < 4.78 is 13.0. The van der Waals surface area contributed by atoms with Crippen LogP contribution in [0.5, 0.6) is 0 Å². The number of carbonyl (C=O) groups excluding carboxylic acids is 1. The molecule has 4 nitrogen and oxygen atoms in total. The van der Waals surface area contributed by atoms with E-state index in [2.05, 4.69) is 16.0 Å². The molecule has 0 saturated carbocycles. The number of nitrogens with zero attached hydrogens (tertiary/aromatic N) is 2. The maximum absolute atomic E-state index is 12.2. The number of nitriles is 1. The molecule has 6 heteroatoms. The maximum Gasteiger partial charge on any atom is 0.389 e. The van der Waals surface area contributed by atoms with E-state index in [0.717, 1.165) is 43.3 Å². The van der Waals surface area contributed by atoms with Gasteiger partial charge in [-0.05, 0) is 23.1 Å². The van der Waals surface area contributed by atoms with Crippen LogP contribution in [-0.2, 0) is 4.94 Å². The average molecular weight is 348 g/mol. The average Bonchev–Trinajstić information content (AvgIpc) is 3.11. The van der Waals surface area contributed by atoms with Gasteiger partial charge in [0.25, 0.3) is 0 Å². The molecule has 0 unspecified atom stereocenters. The van der Waals surface area contributed by atoms with Gasteiger partial charge in [0.05, 0.1) is 11.6 Å². The van der Waals surface area contributed by atoms with E-state index in [0.29, 0.717) is 5.56 Å². The van der Waals surface area contributed by atoms with Gasteiger partial charge in [0.2, 0.25) is 0 Å². The summed E-state index contributed by atoms with van der Waals surface area (Å²) in [7, 11) is 0. The highest BCUT2D eigenvalue weighted by atomic mass is 32.1. The third-order valence-electron chi connectivity index (χ3n) is 4.03. The Kier molecular flexibility index (Phi) is 3.64. The minimum atomic E-state index is -1.02. The Labute approximate surface area is 145 Å². The lowest BCUT2D eigenvalue weighted by Gasteiger charge is -2.09. The molecule has 4 aromatic rings. The zero-order valence-electron chi connectivity index (χ0n) is 12.7. The highest BCUT2D eigenvalue weighted by Gasteiger charge is 2.17. The van der Waals surface area contributed by atoms with E-state index in [1.807, 2.05) is 30.3 Å². The number of benzene rings is 2. The predicted molar refractivity (Wildman–Crippen MR) is 93.8 cm³/mol. The molecular formula is C19H9FN2O2S. The van der Waals surface area contributed by atoms with Crippen LogP contribution in [0, 0.1) is 11.3 Å². The highest BCUT2D eigenvalue weighted by Crippen LogP contribution is 2.38. The monoisotopic (exact) mass is 348 g/mol. The Morgan fingerprint density at radius 2 is 1.92 bits per heavy atom. The molecule has 0 amide bonds. The fraction of sp³-hybridized carbons (Fsp3) is 0. The molecule has 0 atom stereocenters. The smallest absolute Gasteiger partial charge is 0.263 e. The Hall–Kier alpha value is -3.30. The molecule has 0 aliphatic rings. The summed E-state index contributed by atoms with van der Waals surface area (Å²) in [5.41, 5.74) is 2.31. The van der Waals surface area contributed by atoms with Crippen LogP contribution in [0.15, 0.2) is 54.9 Å². The van der Waals surface area contributed by atoms with Crippen molar-refractivity contribution in [3.8, 4) is 17.2 Å². The maximum atomic E-state index is 12.2. The van der Waals surface area contributed by atoms with Crippen LogP contribution >= 0.6 is 11.3 Å². The fourth-order valence-corrected chi connectivity index (χ4v) is 3.95. The van der Waals surface area contributed by atoms with E-state index in [-0.39, 0.29) is 4.88 Å². The van der Waals surface area contributed by atoms with Crippen LogP contribution in [0.1, 0.15) is 15.2 Å². The first-order chi connectivity index (χ1) is 12.2. The van der Waals surface area contributed by atoms with E-state index in [4.69, 9.17) is 0 Å². The largest absolute Gasteiger partial charge is 0.389 e. The highest BCUT2D eigenvalue weighted by molar-refractivity contribution is 7.21. The quantitative estimate of drug-likeness (QED) is 0.510. The number of fused-ring (bicyclic) bond motifs is 2. The van der Waals surface area contributed by atoms with E-state index in [1.54, 1.807) is 24.5 Å². The van der Waals surface area contributed by atoms with Crippen molar-refractivity contribution in [3.05, 3.63) is 65.3 Å². The van der Waals surface area contributed by atoms with Crippen molar-refractivity contribution >= 4 is 38.2 Å². The lowest BCUT2D eigenvalue weighted by molar-refractivity contribution is -0.0783. The van der Waals surface area contributed by atoms with Gasteiger partial charge >= 0.3 is 5.97 Å². The molecule has 2 heterocycles. The molecule has 0 aliphatic carbocycles. The van der Waals surface area contributed by atoms with Crippen molar-refractivity contribution in [1.82, 2.24) is 4.98 Å². The Morgan fingerprint density at radius 3 is 2.68 bits per heavy atom. The third kappa shape index (κ3) is 2.42. The topological polar surface area (TPSA) is 63.0 Å². The Morgan fingerprint density at radius 1 is 1.12 bits per heavy atom. The summed E-state index contributed by atoms with van der Waals surface area (Å²) >= 11 is 1.15. The van der Waals surface area contributed by atoms with Gasteiger partial charge < -0.3 is 0 Å². The number of aromatic nitrogens is 1. The lowest BCUT2D eigenvalue weighted by atomic mass is 9.96. The van der Waals surface area contributed by atoms with E-state index in [1.165, 1.54) is 0 Å². The molecule has 0 bridgehead atoms. The number of hydrogen-bond acceptors (Lipinski definition) is 5. The lowest BCUT2D eigenvalue weighted by Crippen LogP contribution is -1.93. The van der Waals surface area contributed by atoms with Crippen LogP contribution in [0.2, 0.25) is 0 Å². The number of rotatable bonds is 2. The Balaban J connectivity index is 2.03. The van der Waals surface area contributed by atoms with Crippen molar-refractivity contribution in [2.24, 2.45) is 0 Å². The standard InChI is InChI=1S/C19H9FN2O2S/c20-24-19(23)17-7-12-9-22-10-16(18(12)25-17)15-6-5-11(8-21)13-3-1-2-4-14(13)15/h1-7,9-10H. The number of pyridine rings is 1. The van der Waals surface area contributed by atoms with Crippen LogP contribution in [0.4, 0.5) is 4.53 Å². The van der Waals surface area contributed by atoms with Crippen LogP contribution in [0.25, 0.3) is 32.0 Å². The minimum absolute atomic E-state index is 0.171. The van der Waals surface area contributed by atoms with Gasteiger partial charge in [-0.15, -0.1) is 11.3 Å². The van der Waals surface area contributed by atoms with E-state index < -0.39 is 5.97 Å². The van der Waals surface area contributed by atoms with Crippen LogP contribution in [-0.4, -0.2) is 11.0 Å². The second-order valence-electron chi connectivity index (χ2n) is 5.40. The molecule has 0 spiro atoms. The molecule has 2 aromatic heterocycles.